The summed E-state index contributed by atoms with van der Waals surface area (Å²) < 4.78 is 5.57. The Balaban J connectivity index is 1.66. The summed E-state index contributed by atoms with van der Waals surface area (Å²) in [5.41, 5.74) is 1.58. The molecular weight excluding hydrogens is 350 g/mol. The van der Waals surface area contributed by atoms with Crippen molar-refractivity contribution < 1.29 is 19.2 Å². The fourth-order valence-electron chi connectivity index (χ4n) is 2.96. The van der Waals surface area contributed by atoms with Crippen molar-refractivity contribution in [3.8, 4) is 5.75 Å². The highest BCUT2D eigenvalue weighted by Crippen LogP contribution is 2.33. The Morgan fingerprint density at radius 1 is 1.30 bits per heavy atom. The molecule has 0 fully saturated rings. The molecular formula is C19H19N3O5. The van der Waals surface area contributed by atoms with Gasteiger partial charge < -0.3 is 15.0 Å². The molecule has 0 spiro atoms. The van der Waals surface area contributed by atoms with E-state index in [9.17, 15) is 19.7 Å². The number of nitro benzene ring substituents is 1. The number of nitrogens with one attached hydrogen (secondary N) is 1. The molecule has 0 saturated carbocycles. The first-order chi connectivity index (χ1) is 12.9. The molecule has 0 aliphatic carbocycles. The number of hydrogen-bond acceptors (Lipinski definition) is 5. The van der Waals surface area contributed by atoms with E-state index in [-0.39, 0.29) is 30.5 Å². The zero-order valence-electron chi connectivity index (χ0n) is 15.0. The van der Waals surface area contributed by atoms with Gasteiger partial charge in [-0.05, 0) is 38.1 Å². The second-order valence-corrected chi connectivity index (χ2v) is 6.27. The number of benzene rings is 2. The van der Waals surface area contributed by atoms with Crippen LogP contribution in [0, 0.1) is 17.0 Å². The second-order valence-electron chi connectivity index (χ2n) is 6.27. The number of carbonyl (C=O) groups is 2. The molecule has 0 radical (unpaired) electrons. The van der Waals surface area contributed by atoms with Gasteiger partial charge in [-0.15, -0.1) is 0 Å². The third kappa shape index (κ3) is 3.89. The number of ether oxygens (including phenoxy) is 1. The fraction of sp³-hybridized carbons (Fsp3) is 0.263. The van der Waals surface area contributed by atoms with Crippen molar-refractivity contribution in [3.05, 3.63) is 58.1 Å². The number of para-hydroxylation sites is 2. The number of aryl methyl sites for hydroxylation is 1. The Hall–Kier alpha value is -3.42. The van der Waals surface area contributed by atoms with E-state index >= 15 is 0 Å². The summed E-state index contributed by atoms with van der Waals surface area (Å²) in [5.74, 6) is 0.122. The maximum absolute atomic E-state index is 12.4. The summed E-state index contributed by atoms with van der Waals surface area (Å²) in [6.07, 6.45) is -0.525. The van der Waals surface area contributed by atoms with Gasteiger partial charge in [-0.3, -0.25) is 19.7 Å². The maximum atomic E-state index is 12.4. The lowest BCUT2D eigenvalue weighted by Crippen LogP contribution is -2.45. The van der Waals surface area contributed by atoms with Crippen molar-refractivity contribution in [2.75, 3.05) is 16.8 Å². The molecule has 3 rings (SSSR count). The van der Waals surface area contributed by atoms with E-state index in [0.717, 1.165) is 0 Å². The van der Waals surface area contributed by atoms with Gasteiger partial charge in [0.25, 0.3) is 11.6 Å². The molecule has 140 valence electrons. The van der Waals surface area contributed by atoms with Crippen molar-refractivity contribution in [1.82, 2.24) is 0 Å². The molecule has 1 aliphatic heterocycles. The highest BCUT2D eigenvalue weighted by Gasteiger charge is 2.31. The predicted molar refractivity (Wildman–Crippen MR) is 100.0 cm³/mol. The second kappa shape index (κ2) is 7.45. The first-order valence-corrected chi connectivity index (χ1v) is 8.49. The van der Waals surface area contributed by atoms with Crippen molar-refractivity contribution in [1.29, 1.82) is 0 Å². The number of nitro groups is 1. The molecule has 2 aromatic carbocycles. The SMILES string of the molecule is Cc1cc(NC(=O)CCN2C(=O)C(C)Oc3ccccc32)ccc1[N+](=O)[O-]. The van der Waals surface area contributed by atoms with Gasteiger partial charge >= 0.3 is 0 Å². The summed E-state index contributed by atoms with van der Waals surface area (Å²) in [7, 11) is 0. The van der Waals surface area contributed by atoms with Crippen molar-refractivity contribution in [2.45, 2.75) is 26.4 Å². The fourth-order valence-corrected chi connectivity index (χ4v) is 2.96. The third-order valence-electron chi connectivity index (χ3n) is 4.31. The molecule has 2 amide bonds. The van der Waals surface area contributed by atoms with Gasteiger partial charge in [0.1, 0.15) is 5.75 Å². The van der Waals surface area contributed by atoms with Crippen LogP contribution in [0.2, 0.25) is 0 Å². The van der Waals surface area contributed by atoms with E-state index < -0.39 is 11.0 Å². The summed E-state index contributed by atoms with van der Waals surface area (Å²) in [4.78, 5) is 36.6. The zero-order valence-corrected chi connectivity index (χ0v) is 15.0. The van der Waals surface area contributed by atoms with Crippen LogP contribution in [0.5, 0.6) is 5.75 Å². The minimum absolute atomic E-state index is 0.00231. The molecule has 1 N–H and O–H groups in total. The Bertz CT molecular complexity index is 912. The lowest BCUT2D eigenvalue weighted by molar-refractivity contribution is -0.385. The number of nitrogens with zero attached hydrogens (tertiary/aromatic N) is 2. The van der Waals surface area contributed by atoms with E-state index in [4.69, 9.17) is 4.74 Å². The lowest BCUT2D eigenvalue weighted by Gasteiger charge is -2.32. The van der Waals surface area contributed by atoms with Gasteiger partial charge in [0.15, 0.2) is 6.10 Å². The van der Waals surface area contributed by atoms with Gasteiger partial charge in [0.2, 0.25) is 5.91 Å². The summed E-state index contributed by atoms with van der Waals surface area (Å²) in [6.45, 7) is 3.49. The minimum atomic E-state index is -0.611. The van der Waals surface area contributed by atoms with Crippen LogP contribution >= 0.6 is 0 Å². The Morgan fingerprint density at radius 2 is 2.04 bits per heavy atom. The predicted octanol–water partition coefficient (Wildman–Crippen LogP) is 3.05. The van der Waals surface area contributed by atoms with Crippen LogP contribution in [0.4, 0.5) is 17.1 Å². The van der Waals surface area contributed by atoms with E-state index in [0.29, 0.717) is 22.7 Å². The number of amides is 2. The first kappa shape index (κ1) is 18.4. The number of rotatable bonds is 5. The molecule has 1 unspecified atom stereocenters. The van der Waals surface area contributed by atoms with E-state index in [2.05, 4.69) is 5.32 Å². The van der Waals surface area contributed by atoms with Gasteiger partial charge in [0.05, 0.1) is 10.6 Å². The van der Waals surface area contributed by atoms with Gasteiger partial charge in [-0.1, -0.05) is 12.1 Å². The Labute approximate surface area is 155 Å². The molecule has 8 heteroatoms. The summed E-state index contributed by atoms with van der Waals surface area (Å²) >= 11 is 0. The summed E-state index contributed by atoms with van der Waals surface area (Å²) in [6, 6.07) is 11.6. The Kier molecular flexibility index (Phi) is 5.07. The molecule has 0 bridgehead atoms. The number of anilines is 2. The van der Waals surface area contributed by atoms with Crippen LogP contribution in [0.3, 0.4) is 0 Å². The molecule has 2 aromatic rings. The summed E-state index contributed by atoms with van der Waals surface area (Å²) in [5, 5.41) is 13.6. The molecule has 27 heavy (non-hydrogen) atoms. The van der Waals surface area contributed by atoms with Crippen LogP contribution in [0.15, 0.2) is 42.5 Å². The zero-order chi connectivity index (χ0) is 19.6. The van der Waals surface area contributed by atoms with Crippen LogP contribution in [-0.4, -0.2) is 29.4 Å². The van der Waals surface area contributed by atoms with Gasteiger partial charge in [-0.25, -0.2) is 0 Å². The van der Waals surface area contributed by atoms with Crippen LogP contribution < -0.4 is 15.0 Å². The smallest absolute Gasteiger partial charge is 0.272 e. The van der Waals surface area contributed by atoms with Crippen molar-refractivity contribution in [2.24, 2.45) is 0 Å². The van der Waals surface area contributed by atoms with Gasteiger partial charge in [0, 0.05) is 30.3 Å². The quantitative estimate of drug-likeness (QED) is 0.645. The number of carbonyl (C=O) groups excluding carboxylic acids is 2. The highest BCUT2D eigenvalue weighted by molar-refractivity contribution is 6.00. The van der Waals surface area contributed by atoms with Gasteiger partial charge in [-0.2, -0.15) is 0 Å². The molecule has 1 atom stereocenters. The molecule has 1 aliphatic rings. The average Bonchev–Trinajstić information content (AvgIpc) is 2.62. The van der Waals surface area contributed by atoms with Crippen LogP contribution in [0.1, 0.15) is 18.9 Å². The first-order valence-electron chi connectivity index (χ1n) is 8.49. The maximum Gasteiger partial charge on any atom is 0.272 e. The average molecular weight is 369 g/mol. The normalized spacial score (nSPS) is 15.7. The van der Waals surface area contributed by atoms with E-state index in [1.807, 2.05) is 6.07 Å². The largest absolute Gasteiger partial charge is 0.479 e. The molecule has 0 aromatic heterocycles. The van der Waals surface area contributed by atoms with Crippen molar-refractivity contribution in [3.63, 3.8) is 0 Å². The highest BCUT2D eigenvalue weighted by atomic mass is 16.6. The minimum Gasteiger partial charge on any atom is -0.479 e. The monoisotopic (exact) mass is 369 g/mol. The standard InChI is InChI=1S/C19H19N3O5/c1-12-11-14(7-8-15(12)22(25)26)20-18(23)9-10-21-16-5-3-4-6-17(16)27-13(2)19(21)24/h3-8,11,13H,9-10H2,1-2H3,(H,20,23). The number of fused-ring (bicyclic) bond motifs is 1. The van der Waals surface area contributed by atoms with E-state index in [1.54, 1.807) is 43.0 Å². The van der Waals surface area contributed by atoms with Crippen molar-refractivity contribution >= 4 is 28.9 Å². The third-order valence-corrected chi connectivity index (χ3v) is 4.31. The molecule has 1 heterocycles. The molecule has 0 saturated heterocycles. The Morgan fingerprint density at radius 3 is 2.74 bits per heavy atom. The van der Waals surface area contributed by atoms with E-state index in [1.165, 1.54) is 12.1 Å². The molecule has 8 nitrogen and oxygen atoms in total. The van der Waals surface area contributed by atoms with Crippen LogP contribution in [-0.2, 0) is 9.59 Å². The topological polar surface area (TPSA) is 102 Å². The number of hydrogen-bond donors (Lipinski definition) is 1. The van der Waals surface area contributed by atoms with Crippen LogP contribution in [0.25, 0.3) is 0 Å². The lowest BCUT2D eigenvalue weighted by atomic mass is 10.1.